The monoisotopic (exact) mass is 242 g/mol. The molecule has 2 amide bonds. The molecule has 2 fully saturated rings. The Morgan fingerprint density at radius 3 is 3.00 bits per heavy atom. The van der Waals surface area contributed by atoms with Gasteiger partial charge in [-0.25, -0.2) is 4.79 Å². The molecule has 2 aliphatic rings. The highest BCUT2D eigenvalue weighted by Crippen LogP contribution is 2.33. The second kappa shape index (κ2) is 5.08. The Balaban J connectivity index is 1.70. The van der Waals surface area contributed by atoms with Crippen molar-refractivity contribution in [2.45, 2.75) is 49.9 Å². The standard InChI is InChI=1S/C11H18N2O2S/c1-7(14)4-2-3-5-9-10-8(6-16-9)12-11(15)13-10/h8-10H,2-6H2,1H3,(H2,12,13,15)/t8-,9-,10-/m1/s1. The average Bonchev–Trinajstić information content (AvgIpc) is 2.72. The highest BCUT2D eigenvalue weighted by atomic mass is 32.2. The third-order valence-corrected chi connectivity index (χ3v) is 4.71. The zero-order chi connectivity index (χ0) is 11.5. The minimum absolute atomic E-state index is 0.0240. The molecule has 3 atom stereocenters. The highest BCUT2D eigenvalue weighted by Gasteiger charge is 2.42. The molecular formula is C11H18N2O2S. The molecule has 0 aromatic rings. The van der Waals surface area contributed by atoms with Crippen LogP contribution in [0.25, 0.3) is 0 Å². The molecule has 0 unspecified atom stereocenters. The van der Waals surface area contributed by atoms with Crippen molar-refractivity contribution in [1.82, 2.24) is 10.6 Å². The van der Waals surface area contributed by atoms with Crippen LogP contribution in [-0.2, 0) is 4.79 Å². The number of hydrogen-bond donors (Lipinski definition) is 2. The molecule has 0 aromatic carbocycles. The van der Waals surface area contributed by atoms with Crippen LogP contribution in [0.5, 0.6) is 0 Å². The Hall–Kier alpha value is -0.710. The van der Waals surface area contributed by atoms with E-state index < -0.39 is 0 Å². The average molecular weight is 242 g/mol. The van der Waals surface area contributed by atoms with E-state index >= 15 is 0 Å². The van der Waals surface area contributed by atoms with Gasteiger partial charge in [-0.05, 0) is 19.8 Å². The summed E-state index contributed by atoms with van der Waals surface area (Å²) in [6.45, 7) is 1.64. The third-order valence-electron chi connectivity index (χ3n) is 3.21. The van der Waals surface area contributed by atoms with E-state index in [1.54, 1.807) is 6.92 Å². The molecule has 16 heavy (non-hydrogen) atoms. The second-order valence-electron chi connectivity index (χ2n) is 4.57. The van der Waals surface area contributed by atoms with Crippen molar-refractivity contribution < 1.29 is 9.59 Å². The molecule has 90 valence electrons. The fourth-order valence-corrected chi connectivity index (χ4v) is 3.91. The van der Waals surface area contributed by atoms with Gasteiger partial charge >= 0.3 is 6.03 Å². The molecule has 0 saturated carbocycles. The maximum atomic E-state index is 11.1. The number of unbranched alkanes of at least 4 members (excludes halogenated alkanes) is 1. The van der Waals surface area contributed by atoms with E-state index in [0.29, 0.717) is 23.8 Å². The summed E-state index contributed by atoms with van der Waals surface area (Å²) in [5.41, 5.74) is 0. The van der Waals surface area contributed by atoms with Crippen molar-refractivity contribution in [2.24, 2.45) is 0 Å². The van der Waals surface area contributed by atoms with Gasteiger partial charge in [0.1, 0.15) is 5.78 Å². The van der Waals surface area contributed by atoms with Gasteiger partial charge in [0.15, 0.2) is 0 Å². The molecular weight excluding hydrogens is 224 g/mol. The third kappa shape index (κ3) is 2.70. The van der Waals surface area contributed by atoms with Crippen molar-refractivity contribution >= 4 is 23.6 Å². The van der Waals surface area contributed by atoms with Crippen LogP contribution in [0, 0.1) is 0 Å². The number of Topliss-reactive ketones (excluding diaryl/α,β-unsaturated/α-hetero) is 1. The van der Waals surface area contributed by atoms with E-state index in [9.17, 15) is 9.59 Å². The molecule has 0 radical (unpaired) electrons. The zero-order valence-electron chi connectivity index (χ0n) is 9.49. The van der Waals surface area contributed by atoms with E-state index in [1.807, 2.05) is 11.8 Å². The van der Waals surface area contributed by atoms with Crippen LogP contribution in [0.4, 0.5) is 4.79 Å². The van der Waals surface area contributed by atoms with Crippen LogP contribution in [0.15, 0.2) is 0 Å². The number of urea groups is 1. The van der Waals surface area contributed by atoms with Crippen molar-refractivity contribution in [1.29, 1.82) is 0 Å². The fourth-order valence-electron chi connectivity index (χ4n) is 2.36. The Morgan fingerprint density at radius 1 is 1.44 bits per heavy atom. The summed E-state index contributed by atoms with van der Waals surface area (Å²) in [7, 11) is 0. The van der Waals surface area contributed by atoms with Crippen molar-refractivity contribution in [3.63, 3.8) is 0 Å². The van der Waals surface area contributed by atoms with Gasteiger partial charge in [-0.3, -0.25) is 0 Å². The molecule has 2 rings (SSSR count). The minimum atomic E-state index is -0.0240. The van der Waals surface area contributed by atoms with E-state index in [0.717, 1.165) is 25.0 Å². The largest absolute Gasteiger partial charge is 0.332 e. The Kier molecular flexibility index (Phi) is 3.74. The fraction of sp³-hybridized carbons (Fsp3) is 0.818. The van der Waals surface area contributed by atoms with Gasteiger partial charge in [-0.15, -0.1) is 0 Å². The second-order valence-corrected chi connectivity index (χ2v) is 5.84. The predicted octanol–water partition coefficient (Wildman–Crippen LogP) is 1.30. The molecule has 2 saturated heterocycles. The minimum Gasteiger partial charge on any atom is -0.332 e. The summed E-state index contributed by atoms with van der Waals surface area (Å²) in [5, 5.41) is 6.43. The summed E-state index contributed by atoms with van der Waals surface area (Å²) >= 11 is 1.93. The highest BCUT2D eigenvalue weighted by molar-refractivity contribution is 8.00. The first-order valence-corrected chi connectivity index (χ1v) is 6.90. The summed E-state index contributed by atoms with van der Waals surface area (Å²) in [5.74, 6) is 1.29. The number of thioether (sulfide) groups is 1. The first-order chi connectivity index (χ1) is 7.66. The molecule has 0 spiro atoms. The normalized spacial score (nSPS) is 32.1. The SMILES string of the molecule is CC(=O)CCCC[C@H]1SC[C@H]2NC(=O)N[C@H]21. The maximum Gasteiger partial charge on any atom is 0.315 e. The first kappa shape index (κ1) is 11.8. The summed E-state index contributed by atoms with van der Waals surface area (Å²) in [6, 6.07) is 0.592. The van der Waals surface area contributed by atoms with E-state index in [2.05, 4.69) is 10.6 Å². The molecule has 4 nitrogen and oxygen atoms in total. The van der Waals surface area contributed by atoms with Gasteiger partial charge in [-0.1, -0.05) is 6.42 Å². The lowest BCUT2D eigenvalue weighted by Gasteiger charge is -2.16. The van der Waals surface area contributed by atoms with Crippen LogP contribution in [0.3, 0.4) is 0 Å². The van der Waals surface area contributed by atoms with Gasteiger partial charge in [0.25, 0.3) is 0 Å². The van der Waals surface area contributed by atoms with Crippen LogP contribution >= 0.6 is 11.8 Å². The smallest absolute Gasteiger partial charge is 0.315 e. The molecule has 0 bridgehead atoms. The first-order valence-electron chi connectivity index (χ1n) is 5.85. The number of ketones is 1. The molecule has 5 heteroatoms. The lowest BCUT2D eigenvalue weighted by Crippen LogP contribution is -2.36. The quantitative estimate of drug-likeness (QED) is 0.564. The number of fused-ring (bicyclic) bond motifs is 1. The topological polar surface area (TPSA) is 58.2 Å². The van der Waals surface area contributed by atoms with Crippen LogP contribution in [0.1, 0.15) is 32.6 Å². The number of carbonyl (C=O) groups is 2. The Morgan fingerprint density at radius 2 is 2.25 bits per heavy atom. The summed E-state index contributed by atoms with van der Waals surface area (Å²) < 4.78 is 0. The van der Waals surface area contributed by atoms with Gasteiger partial charge in [0.2, 0.25) is 0 Å². The van der Waals surface area contributed by atoms with Crippen LogP contribution < -0.4 is 10.6 Å². The molecule has 2 heterocycles. The van der Waals surface area contributed by atoms with Crippen LogP contribution in [-0.4, -0.2) is 34.9 Å². The number of amides is 2. The van der Waals surface area contributed by atoms with Crippen molar-refractivity contribution in [2.75, 3.05) is 5.75 Å². The lowest BCUT2D eigenvalue weighted by atomic mass is 10.0. The number of carbonyl (C=O) groups excluding carboxylic acids is 2. The number of hydrogen-bond acceptors (Lipinski definition) is 3. The van der Waals surface area contributed by atoms with Gasteiger partial charge in [-0.2, -0.15) is 11.8 Å². The van der Waals surface area contributed by atoms with E-state index in [-0.39, 0.29) is 11.8 Å². The Labute approximate surface area is 99.9 Å². The van der Waals surface area contributed by atoms with Gasteiger partial charge in [0.05, 0.1) is 12.1 Å². The zero-order valence-corrected chi connectivity index (χ0v) is 10.3. The molecule has 0 aliphatic carbocycles. The number of rotatable bonds is 5. The summed E-state index contributed by atoms with van der Waals surface area (Å²) in [6.07, 6.45) is 3.85. The van der Waals surface area contributed by atoms with E-state index in [1.165, 1.54) is 0 Å². The van der Waals surface area contributed by atoms with Crippen LogP contribution in [0.2, 0.25) is 0 Å². The molecule has 2 aliphatic heterocycles. The lowest BCUT2D eigenvalue weighted by molar-refractivity contribution is -0.117. The molecule has 2 N–H and O–H groups in total. The van der Waals surface area contributed by atoms with Crippen molar-refractivity contribution in [3.05, 3.63) is 0 Å². The van der Waals surface area contributed by atoms with E-state index in [4.69, 9.17) is 0 Å². The Bertz CT molecular complexity index is 296. The maximum absolute atomic E-state index is 11.1. The summed E-state index contributed by atoms with van der Waals surface area (Å²) in [4.78, 5) is 21.9. The van der Waals surface area contributed by atoms with Crippen molar-refractivity contribution in [3.8, 4) is 0 Å². The van der Waals surface area contributed by atoms with Gasteiger partial charge < -0.3 is 15.4 Å². The predicted molar refractivity (Wildman–Crippen MR) is 64.6 cm³/mol. The van der Waals surface area contributed by atoms with Gasteiger partial charge in [0, 0.05) is 17.4 Å². The number of nitrogens with one attached hydrogen (secondary N) is 2. The molecule has 0 aromatic heterocycles.